The Bertz CT molecular complexity index is 666. The third-order valence-electron chi connectivity index (χ3n) is 2.26. The Labute approximate surface area is 104 Å². The Morgan fingerprint density at radius 3 is 2.88 bits per heavy atom. The number of carbonyl (C=O) groups is 1. The summed E-state index contributed by atoms with van der Waals surface area (Å²) < 4.78 is 5.24. The molecule has 0 radical (unpaired) electrons. The molecule has 0 bridgehead atoms. The molecule has 1 aromatic heterocycles. The van der Waals surface area contributed by atoms with Gasteiger partial charge >= 0.3 is 5.97 Å². The van der Waals surface area contributed by atoms with Gasteiger partial charge in [-0.2, -0.15) is 5.10 Å². The number of H-pyrrole nitrogens is 1. The third kappa shape index (κ3) is 1.89. The van der Waals surface area contributed by atoms with Gasteiger partial charge in [0.05, 0.1) is 12.5 Å². The number of methoxy groups -OCH3 is 1. The SMILES string of the molecule is COC(=O)c1n[nH]c(=O)c2c(N)cc(Br)cc12. The molecule has 0 fully saturated rings. The second-order valence-corrected chi connectivity index (χ2v) is 4.23. The third-order valence-corrected chi connectivity index (χ3v) is 2.72. The van der Waals surface area contributed by atoms with Crippen molar-refractivity contribution in [2.75, 3.05) is 12.8 Å². The first kappa shape index (κ1) is 11.6. The minimum absolute atomic E-state index is 0.0232. The highest BCUT2D eigenvalue weighted by molar-refractivity contribution is 9.10. The van der Waals surface area contributed by atoms with Crippen LogP contribution in [-0.2, 0) is 4.74 Å². The van der Waals surface area contributed by atoms with Gasteiger partial charge in [0.2, 0.25) is 0 Å². The summed E-state index contributed by atoms with van der Waals surface area (Å²) in [6.45, 7) is 0. The minimum Gasteiger partial charge on any atom is -0.464 e. The highest BCUT2D eigenvalue weighted by atomic mass is 79.9. The standard InChI is InChI=1S/C10H8BrN3O3/c1-17-10(16)8-5-2-4(11)3-6(12)7(5)9(15)14-13-8/h2-3H,12H2,1H3,(H,14,15). The number of rotatable bonds is 1. The van der Waals surface area contributed by atoms with E-state index in [4.69, 9.17) is 5.73 Å². The van der Waals surface area contributed by atoms with Crippen LogP contribution in [0.3, 0.4) is 0 Å². The Hall–Kier alpha value is -1.89. The summed E-state index contributed by atoms with van der Waals surface area (Å²) >= 11 is 3.24. The van der Waals surface area contributed by atoms with E-state index in [2.05, 4.69) is 30.9 Å². The quantitative estimate of drug-likeness (QED) is 0.606. The average molecular weight is 298 g/mol. The molecule has 0 atom stereocenters. The fourth-order valence-electron chi connectivity index (χ4n) is 1.54. The van der Waals surface area contributed by atoms with Crippen LogP contribution in [0.4, 0.5) is 5.69 Å². The molecular weight excluding hydrogens is 290 g/mol. The maximum absolute atomic E-state index is 11.6. The number of esters is 1. The number of benzene rings is 1. The van der Waals surface area contributed by atoms with Crippen molar-refractivity contribution in [3.8, 4) is 0 Å². The van der Waals surface area contributed by atoms with E-state index in [0.29, 0.717) is 9.86 Å². The number of anilines is 1. The van der Waals surface area contributed by atoms with E-state index >= 15 is 0 Å². The van der Waals surface area contributed by atoms with Crippen molar-refractivity contribution in [1.82, 2.24) is 10.2 Å². The van der Waals surface area contributed by atoms with Gasteiger partial charge in [0.25, 0.3) is 5.56 Å². The molecule has 0 saturated heterocycles. The lowest BCUT2D eigenvalue weighted by molar-refractivity contribution is 0.0595. The van der Waals surface area contributed by atoms with E-state index in [0.717, 1.165) is 0 Å². The van der Waals surface area contributed by atoms with Gasteiger partial charge in [0.1, 0.15) is 0 Å². The summed E-state index contributed by atoms with van der Waals surface area (Å²) in [6, 6.07) is 3.18. The molecular formula is C10H8BrN3O3. The fraction of sp³-hybridized carbons (Fsp3) is 0.100. The van der Waals surface area contributed by atoms with Crippen molar-refractivity contribution in [3.63, 3.8) is 0 Å². The largest absolute Gasteiger partial charge is 0.464 e. The number of hydrogen-bond acceptors (Lipinski definition) is 5. The molecule has 0 aliphatic carbocycles. The number of halogens is 1. The van der Waals surface area contributed by atoms with Gasteiger partial charge in [-0.25, -0.2) is 9.89 Å². The highest BCUT2D eigenvalue weighted by Crippen LogP contribution is 2.25. The summed E-state index contributed by atoms with van der Waals surface area (Å²) in [5.41, 5.74) is 5.58. The van der Waals surface area contributed by atoms with E-state index in [9.17, 15) is 9.59 Å². The molecule has 1 heterocycles. The van der Waals surface area contributed by atoms with E-state index in [1.54, 1.807) is 12.1 Å². The molecule has 88 valence electrons. The van der Waals surface area contributed by atoms with Crippen LogP contribution in [0.25, 0.3) is 10.8 Å². The number of aromatic nitrogens is 2. The lowest BCUT2D eigenvalue weighted by Crippen LogP contribution is -2.16. The molecule has 7 heteroatoms. The minimum atomic E-state index is -0.635. The van der Waals surface area contributed by atoms with Gasteiger partial charge in [0.15, 0.2) is 5.69 Å². The predicted octanol–water partition coefficient (Wildman–Crippen LogP) is 1.05. The number of carbonyl (C=O) groups excluding carboxylic acids is 1. The van der Waals surface area contributed by atoms with E-state index in [-0.39, 0.29) is 16.8 Å². The second-order valence-electron chi connectivity index (χ2n) is 3.31. The Kier molecular flexibility index (Phi) is 2.84. The van der Waals surface area contributed by atoms with Crippen LogP contribution in [0.1, 0.15) is 10.5 Å². The molecule has 0 saturated carbocycles. The molecule has 17 heavy (non-hydrogen) atoms. The van der Waals surface area contributed by atoms with E-state index in [1.807, 2.05) is 0 Å². The summed E-state index contributed by atoms with van der Waals surface area (Å²) in [7, 11) is 1.24. The first-order chi connectivity index (χ1) is 8.04. The molecule has 0 unspecified atom stereocenters. The van der Waals surface area contributed by atoms with E-state index < -0.39 is 11.5 Å². The monoisotopic (exact) mass is 297 g/mol. The Morgan fingerprint density at radius 2 is 2.24 bits per heavy atom. The van der Waals surface area contributed by atoms with Crippen LogP contribution in [0.5, 0.6) is 0 Å². The van der Waals surface area contributed by atoms with Crippen molar-refractivity contribution >= 4 is 38.4 Å². The molecule has 2 aromatic rings. The highest BCUT2D eigenvalue weighted by Gasteiger charge is 2.16. The molecule has 0 amide bonds. The fourth-order valence-corrected chi connectivity index (χ4v) is 2.02. The summed E-state index contributed by atoms with van der Waals surface area (Å²) in [5, 5.41) is 6.47. The number of hydrogen-bond donors (Lipinski definition) is 2. The van der Waals surface area contributed by atoms with Gasteiger partial charge < -0.3 is 10.5 Å². The van der Waals surface area contributed by atoms with Crippen molar-refractivity contribution < 1.29 is 9.53 Å². The number of nitrogens with zero attached hydrogens (tertiary/aromatic N) is 1. The van der Waals surface area contributed by atoms with Crippen LogP contribution < -0.4 is 11.3 Å². The Balaban J connectivity index is 2.94. The zero-order valence-corrected chi connectivity index (χ0v) is 10.4. The van der Waals surface area contributed by atoms with Crippen LogP contribution in [0.2, 0.25) is 0 Å². The van der Waals surface area contributed by atoms with Gasteiger partial charge in [-0.3, -0.25) is 4.79 Å². The first-order valence-electron chi connectivity index (χ1n) is 4.60. The summed E-state index contributed by atoms with van der Waals surface area (Å²) in [5.74, 6) is -0.635. The molecule has 0 aliphatic rings. The van der Waals surface area contributed by atoms with Crippen molar-refractivity contribution in [2.45, 2.75) is 0 Å². The molecule has 2 rings (SSSR count). The van der Waals surface area contributed by atoms with Gasteiger partial charge in [-0.15, -0.1) is 0 Å². The lowest BCUT2D eigenvalue weighted by atomic mass is 10.1. The molecule has 3 N–H and O–H groups in total. The summed E-state index contributed by atoms with van der Waals surface area (Å²) in [4.78, 5) is 23.1. The van der Waals surface area contributed by atoms with Crippen LogP contribution in [0.15, 0.2) is 21.4 Å². The Morgan fingerprint density at radius 1 is 1.53 bits per heavy atom. The van der Waals surface area contributed by atoms with E-state index in [1.165, 1.54) is 7.11 Å². The van der Waals surface area contributed by atoms with Crippen molar-refractivity contribution in [1.29, 1.82) is 0 Å². The molecule has 6 nitrogen and oxygen atoms in total. The number of ether oxygens (including phenoxy) is 1. The number of aromatic amines is 1. The second kappa shape index (κ2) is 4.17. The predicted molar refractivity (Wildman–Crippen MR) is 65.8 cm³/mol. The normalized spacial score (nSPS) is 10.5. The zero-order chi connectivity index (χ0) is 12.6. The van der Waals surface area contributed by atoms with Crippen molar-refractivity contribution in [3.05, 3.63) is 32.7 Å². The maximum Gasteiger partial charge on any atom is 0.359 e. The smallest absolute Gasteiger partial charge is 0.359 e. The topological polar surface area (TPSA) is 98.1 Å². The van der Waals surface area contributed by atoms with Crippen LogP contribution in [-0.4, -0.2) is 23.3 Å². The maximum atomic E-state index is 11.6. The molecule has 1 aromatic carbocycles. The van der Waals surface area contributed by atoms with Crippen LogP contribution >= 0.6 is 15.9 Å². The van der Waals surface area contributed by atoms with Crippen molar-refractivity contribution in [2.24, 2.45) is 0 Å². The van der Waals surface area contributed by atoms with Gasteiger partial charge in [-0.1, -0.05) is 15.9 Å². The molecule has 0 aliphatic heterocycles. The van der Waals surface area contributed by atoms with Crippen LogP contribution in [0, 0.1) is 0 Å². The number of fused-ring (bicyclic) bond motifs is 1. The zero-order valence-electron chi connectivity index (χ0n) is 8.78. The first-order valence-corrected chi connectivity index (χ1v) is 5.39. The number of nitrogen functional groups attached to an aromatic ring is 1. The van der Waals surface area contributed by atoms with Gasteiger partial charge in [0, 0.05) is 15.5 Å². The number of nitrogens with two attached hydrogens (primary N) is 1. The number of nitrogens with one attached hydrogen (secondary N) is 1. The average Bonchev–Trinajstić information content (AvgIpc) is 2.27. The summed E-state index contributed by atoms with van der Waals surface area (Å²) in [6.07, 6.45) is 0. The lowest BCUT2D eigenvalue weighted by Gasteiger charge is -2.05. The molecule has 0 spiro atoms. The van der Waals surface area contributed by atoms with Gasteiger partial charge in [-0.05, 0) is 12.1 Å².